The maximum absolute atomic E-state index is 11.8. The zero-order valence-corrected chi connectivity index (χ0v) is 9.96. The maximum Gasteiger partial charge on any atom is 0.359 e. The number of carbonyl (C=O) groups is 1. The average molecular weight is 240 g/mol. The minimum absolute atomic E-state index is 0.353. The molecule has 0 bridgehead atoms. The van der Waals surface area contributed by atoms with Crippen molar-refractivity contribution in [2.75, 3.05) is 6.61 Å². The summed E-state index contributed by atoms with van der Waals surface area (Å²) in [5, 5.41) is 1.11. The van der Waals surface area contributed by atoms with Crippen LogP contribution in [0.3, 0.4) is 0 Å². The van der Waals surface area contributed by atoms with Crippen molar-refractivity contribution >= 4 is 22.4 Å². The number of para-hydroxylation sites is 1. The van der Waals surface area contributed by atoms with Crippen molar-refractivity contribution in [2.45, 2.75) is 6.92 Å². The molecular formula is C14H12N2O2. The average Bonchev–Trinajstić information content (AvgIpc) is 2.83. The van der Waals surface area contributed by atoms with E-state index in [0.717, 1.165) is 16.4 Å². The molecule has 0 radical (unpaired) electrons. The first kappa shape index (κ1) is 10.8. The monoisotopic (exact) mass is 240 g/mol. The third-order valence-electron chi connectivity index (χ3n) is 2.89. The molecule has 0 aliphatic rings. The number of hydrogen-bond donors (Lipinski definition) is 0. The van der Waals surface area contributed by atoms with Crippen molar-refractivity contribution in [2.24, 2.45) is 0 Å². The molecule has 1 aromatic carbocycles. The minimum atomic E-state index is -0.379. The first-order valence-corrected chi connectivity index (χ1v) is 5.83. The zero-order chi connectivity index (χ0) is 12.5. The van der Waals surface area contributed by atoms with Crippen LogP contribution in [0.15, 0.2) is 42.7 Å². The van der Waals surface area contributed by atoms with Crippen LogP contribution in [0.25, 0.3) is 16.4 Å². The van der Waals surface area contributed by atoms with Gasteiger partial charge in [-0.25, -0.2) is 9.78 Å². The van der Waals surface area contributed by atoms with Crippen LogP contribution in [0, 0.1) is 0 Å². The van der Waals surface area contributed by atoms with Crippen molar-refractivity contribution in [1.82, 2.24) is 9.38 Å². The standard InChI is InChI=1S/C14H12N2O2/c1-2-18-14(17)13-12-8-7-10-5-3-4-6-11(10)16(12)9-15-13/h3-9H,2H2,1H3. The molecule has 0 saturated heterocycles. The van der Waals surface area contributed by atoms with Gasteiger partial charge in [-0.2, -0.15) is 0 Å². The predicted molar refractivity (Wildman–Crippen MR) is 68.7 cm³/mol. The lowest BCUT2D eigenvalue weighted by Crippen LogP contribution is -2.05. The van der Waals surface area contributed by atoms with E-state index in [1.807, 2.05) is 40.8 Å². The molecule has 3 rings (SSSR count). The van der Waals surface area contributed by atoms with Crippen molar-refractivity contribution < 1.29 is 9.53 Å². The predicted octanol–water partition coefficient (Wildman–Crippen LogP) is 2.66. The summed E-state index contributed by atoms with van der Waals surface area (Å²) in [6.45, 7) is 2.14. The molecule has 90 valence electrons. The summed E-state index contributed by atoms with van der Waals surface area (Å²) < 4.78 is 6.90. The lowest BCUT2D eigenvalue weighted by Gasteiger charge is -2.02. The van der Waals surface area contributed by atoms with Gasteiger partial charge in [0.05, 0.1) is 17.6 Å². The van der Waals surface area contributed by atoms with Crippen LogP contribution in [0.1, 0.15) is 17.4 Å². The Morgan fingerprint density at radius 3 is 2.89 bits per heavy atom. The Kier molecular flexibility index (Phi) is 2.48. The Hall–Kier alpha value is -2.36. The molecule has 0 atom stereocenters. The zero-order valence-electron chi connectivity index (χ0n) is 9.96. The second-order valence-electron chi connectivity index (χ2n) is 3.96. The van der Waals surface area contributed by atoms with Gasteiger partial charge in [-0.3, -0.25) is 4.40 Å². The first-order valence-electron chi connectivity index (χ1n) is 5.83. The fraction of sp³-hybridized carbons (Fsp3) is 0.143. The van der Waals surface area contributed by atoms with E-state index in [0.29, 0.717) is 12.3 Å². The van der Waals surface area contributed by atoms with Gasteiger partial charge in [-0.05, 0) is 24.4 Å². The number of esters is 1. The van der Waals surface area contributed by atoms with Crippen LogP contribution in [0.2, 0.25) is 0 Å². The van der Waals surface area contributed by atoms with Gasteiger partial charge in [0, 0.05) is 0 Å². The summed E-state index contributed by atoms with van der Waals surface area (Å²) in [7, 11) is 0. The van der Waals surface area contributed by atoms with E-state index in [9.17, 15) is 4.79 Å². The van der Waals surface area contributed by atoms with Gasteiger partial charge in [-0.1, -0.05) is 24.3 Å². The normalized spacial score (nSPS) is 10.9. The van der Waals surface area contributed by atoms with E-state index in [2.05, 4.69) is 4.98 Å². The Labute approximate surface area is 104 Å². The molecular weight excluding hydrogens is 228 g/mol. The van der Waals surface area contributed by atoms with Gasteiger partial charge < -0.3 is 4.74 Å². The summed E-state index contributed by atoms with van der Waals surface area (Å²) in [6.07, 6.45) is 1.66. The maximum atomic E-state index is 11.8. The first-order chi connectivity index (χ1) is 8.81. The Balaban J connectivity index is 2.26. The third-order valence-corrected chi connectivity index (χ3v) is 2.89. The number of ether oxygens (including phenoxy) is 1. The van der Waals surface area contributed by atoms with Crippen LogP contribution >= 0.6 is 0 Å². The Bertz CT molecular complexity index is 731. The topological polar surface area (TPSA) is 43.6 Å². The van der Waals surface area contributed by atoms with Crippen molar-refractivity contribution in [3.8, 4) is 0 Å². The number of carbonyl (C=O) groups excluding carboxylic acids is 1. The lowest BCUT2D eigenvalue weighted by molar-refractivity contribution is 0.0522. The molecule has 0 aliphatic carbocycles. The van der Waals surface area contributed by atoms with Crippen LogP contribution in [0.5, 0.6) is 0 Å². The molecule has 0 aliphatic heterocycles. The molecule has 4 nitrogen and oxygen atoms in total. The molecule has 4 heteroatoms. The molecule has 2 heterocycles. The summed E-state index contributed by atoms with van der Waals surface area (Å²) in [5.74, 6) is -0.379. The van der Waals surface area contributed by atoms with Crippen molar-refractivity contribution in [3.05, 3.63) is 48.4 Å². The lowest BCUT2D eigenvalue weighted by atomic mass is 10.2. The summed E-state index contributed by atoms with van der Waals surface area (Å²) in [6, 6.07) is 11.8. The van der Waals surface area contributed by atoms with Gasteiger partial charge in [0.15, 0.2) is 5.69 Å². The Morgan fingerprint density at radius 2 is 2.06 bits per heavy atom. The molecule has 0 N–H and O–H groups in total. The van der Waals surface area contributed by atoms with Gasteiger partial charge in [-0.15, -0.1) is 0 Å². The van der Waals surface area contributed by atoms with Gasteiger partial charge in [0.1, 0.15) is 6.33 Å². The second kappa shape index (κ2) is 4.14. The highest BCUT2D eigenvalue weighted by Gasteiger charge is 2.14. The van der Waals surface area contributed by atoms with E-state index in [1.165, 1.54) is 0 Å². The molecule has 0 unspecified atom stereocenters. The van der Waals surface area contributed by atoms with Crippen LogP contribution in [-0.2, 0) is 4.74 Å². The summed E-state index contributed by atoms with van der Waals surface area (Å²) in [4.78, 5) is 15.9. The fourth-order valence-corrected chi connectivity index (χ4v) is 2.08. The van der Waals surface area contributed by atoms with E-state index >= 15 is 0 Å². The summed E-state index contributed by atoms with van der Waals surface area (Å²) >= 11 is 0. The largest absolute Gasteiger partial charge is 0.461 e. The smallest absolute Gasteiger partial charge is 0.359 e. The third kappa shape index (κ3) is 1.54. The second-order valence-corrected chi connectivity index (χ2v) is 3.96. The highest BCUT2D eigenvalue weighted by molar-refractivity contribution is 5.97. The van der Waals surface area contributed by atoms with Crippen LogP contribution in [-0.4, -0.2) is 22.0 Å². The van der Waals surface area contributed by atoms with E-state index in [-0.39, 0.29) is 5.97 Å². The van der Waals surface area contributed by atoms with Gasteiger partial charge >= 0.3 is 5.97 Å². The van der Waals surface area contributed by atoms with Crippen LogP contribution in [0.4, 0.5) is 0 Å². The minimum Gasteiger partial charge on any atom is -0.461 e. The van der Waals surface area contributed by atoms with E-state index in [1.54, 1.807) is 13.3 Å². The van der Waals surface area contributed by atoms with Gasteiger partial charge in [0.2, 0.25) is 0 Å². The highest BCUT2D eigenvalue weighted by Crippen LogP contribution is 2.19. The van der Waals surface area contributed by atoms with E-state index in [4.69, 9.17) is 4.74 Å². The number of benzene rings is 1. The van der Waals surface area contributed by atoms with Crippen molar-refractivity contribution in [1.29, 1.82) is 0 Å². The molecule has 0 amide bonds. The van der Waals surface area contributed by atoms with E-state index < -0.39 is 0 Å². The molecule has 2 aromatic heterocycles. The SMILES string of the molecule is CCOC(=O)c1ncn2c1ccc1ccccc12. The number of rotatable bonds is 2. The van der Waals surface area contributed by atoms with Gasteiger partial charge in [0.25, 0.3) is 0 Å². The number of fused-ring (bicyclic) bond motifs is 3. The van der Waals surface area contributed by atoms with Crippen LogP contribution < -0.4 is 0 Å². The number of pyridine rings is 1. The number of hydrogen-bond acceptors (Lipinski definition) is 3. The fourth-order valence-electron chi connectivity index (χ4n) is 2.08. The van der Waals surface area contributed by atoms with Crippen molar-refractivity contribution in [3.63, 3.8) is 0 Å². The molecule has 0 saturated carbocycles. The molecule has 3 aromatic rings. The summed E-state index contributed by atoms with van der Waals surface area (Å²) in [5.41, 5.74) is 2.16. The quantitative estimate of drug-likeness (QED) is 0.647. The highest BCUT2D eigenvalue weighted by atomic mass is 16.5. The number of imidazole rings is 1. The molecule has 18 heavy (non-hydrogen) atoms. The molecule has 0 spiro atoms. The molecule has 0 fully saturated rings. The number of nitrogens with zero attached hydrogens (tertiary/aromatic N) is 2. The Morgan fingerprint density at radius 1 is 1.22 bits per heavy atom. The number of aromatic nitrogens is 2.